The second-order valence-electron chi connectivity index (χ2n) is 8.13. The summed E-state index contributed by atoms with van der Waals surface area (Å²) in [6.45, 7) is 5.17. The van der Waals surface area contributed by atoms with E-state index >= 15 is 0 Å². The molecular weight excluding hydrogens is 416 g/mol. The summed E-state index contributed by atoms with van der Waals surface area (Å²) in [6, 6.07) is 22.8. The van der Waals surface area contributed by atoms with Crippen molar-refractivity contribution < 1.29 is 9.72 Å². The molecule has 1 aliphatic rings. The highest BCUT2D eigenvalue weighted by Crippen LogP contribution is 2.30. The van der Waals surface area contributed by atoms with E-state index in [1.165, 1.54) is 5.56 Å². The van der Waals surface area contributed by atoms with Gasteiger partial charge in [-0.15, -0.1) is 0 Å². The van der Waals surface area contributed by atoms with Crippen LogP contribution in [0.25, 0.3) is 0 Å². The number of nitro groups is 1. The quantitative estimate of drug-likeness (QED) is 0.421. The van der Waals surface area contributed by atoms with Crippen molar-refractivity contribution in [2.45, 2.75) is 19.9 Å². The zero-order valence-corrected chi connectivity index (χ0v) is 18.7. The molecule has 0 radical (unpaired) electrons. The summed E-state index contributed by atoms with van der Waals surface area (Å²) in [6.07, 6.45) is 0.949. The van der Waals surface area contributed by atoms with Gasteiger partial charge in [0.2, 0.25) is 0 Å². The maximum Gasteiger partial charge on any atom is 0.292 e. The van der Waals surface area contributed by atoms with Crippen molar-refractivity contribution in [3.05, 3.63) is 99.6 Å². The van der Waals surface area contributed by atoms with E-state index in [1.807, 2.05) is 65.6 Å². The maximum atomic E-state index is 12.9. The molecule has 0 atom stereocenters. The van der Waals surface area contributed by atoms with Crippen molar-refractivity contribution >= 4 is 23.0 Å². The first kappa shape index (κ1) is 22.3. The number of carbonyl (C=O) groups excluding carboxylic acids is 1. The summed E-state index contributed by atoms with van der Waals surface area (Å²) in [7, 11) is 0. The summed E-state index contributed by atoms with van der Waals surface area (Å²) in [4.78, 5) is 28.1. The summed E-state index contributed by atoms with van der Waals surface area (Å²) < 4.78 is 0. The van der Waals surface area contributed by atoms with Gasteiger partial charge in [0.15, 0.2) is 0 Å². The Hall–Kier alpha value is -3.87. The molecule has 7 nitrogen and oxygen atoms in total. The van der Waals surface area contributed by atoms with Gasteiger partial charge in [-0.25, -0.2) is 0 Å². The van der Waals surface area contributed by atoms with Gasteiger partial charge in [-0.3, -0.25) is 14.9 Å². The third-order valence-corrected chi connectivity index (χ3v) is 6.04. The molecule has 4 rings (SSSR count). The number of aryl methyl sites for hydroxylation is 1. The van der Waals surface area contributed by atoms with E-state index < -0.39 is 0 Å². The fraction of sp³-hybridized carbons (Fsp3) is 0.269. The molecule has 1 amide bonds. The number of nitrogens with zero attached hydrogens (tertiary/aromatic N) is 3. The third kappa shape index (κ3) is 5.31. The number of anilines is 2. The van der Waals surface area contributed by atoms with E-state index in [0.717, 1.165) is 17.7 Å². The summed E-state index contributed by atoms with van der Waals surface area (Å²) in [5, 5.41) is 14.7. The van der Waals surface area contributed by atoms with Gasteiger partial charge >= 0.3 is 0 Å². The normalized spacial score (nSPS) is 13.6. The molecule has 1 heterocycles. The Morgan fingerprint density at radius 3 is 2.27 bits per heavy atom. The van der Waals surface area contributed by atoms with Crippen molar-refractivity contribution in [3.8, 4) is 0 Å². The van der Waals surface area contributed by atoms with Crippen LogP contribution in [0.15, 0.2) is 72.8 Å². The second-order valence-corrected chi connectivity index (χ2v) is 8.13. The molecule has 1 aliphatic heterocycles. The predicted molar refractivity (Wildman–Crippen MR) is 131 cm³/mol. The average Bonchev–Trinajstić information content (AvgIpc) is 2.87. The Bertz CT molecular complexity index is 1110. The van der Waals surface area contributed by atoms with Gasteiger partial charge in [-0.2, -0.15) is 0 Å². The minimum absolute atomic E-state index is 0.0474. The Morgan fingerprint density at radius 1 is 0.939 bits per heavy atom. The van der Waals surface area contributed by atoms with Crippen LogP contribution >= 0.6 is 0 Å². The first-order valence-electron chi connectivity index (χ1n) is 11.2. The Kier molecular flexibility index (Phi) is 6.88. The number of carbonyl (C=O) groups is 1. The molecule has 3 aromatic rings. The van der Waals surface area contributed by atoms with E-state index in [2.05, 4.69) is 17.1 Å². The number of hydrogen-bond donors (Lipinski definition) is 1. The van der Waals surface area contributed by atoms with Crippen molar-refractivity contribution in [3.63, 3.8) is 0 Å². The zero-order valence-electron chi connectivity index (χ0n) is 18.7. The highest BCUT2D eigenvalue weighted by atomic mass is 16.6. The van der Waals surface area contributed by atoms with E-state index in [9.17, 15) is 14.9 Å². The van der Waals surface area contributed by atoms with E-state index in [4.69, 9.17) is 0 Å². The molecular formula is C26H28N4O3. The van der Waals surface area contributed by atoms with E-state index in [-0.39, 0.29) is 16.5 Å². The molecule has 1 fully saturated rings. The largest absolute Gasteiger partial charge is 0.375 e. The van der Waals surface area contributed by atoms with Gasteiger partial charge in [-0.05, 0) is 41.8 Å². The standard InChI is InChI=1S/C26H28N4O3/c1-2-20-8-10-22(11-9-20)26(31)29-16-14-28(15-17-29)23-12-13-25(30(32)33)24(18-23)27-19-21-6-4-3-5-7-21/h3-13,18,27H,2,14-17,19H2,1H3. The number of benzene rings is 3. The lowest BCUT2D eigenvalue weighted by Crippen LogP contribution is -2.48. The number of piperazine rings is 1. The van der Waals surface area contributed by atoms with Gasteiger partial charge in [-0.1, -0.05) is 49.4 Å². The van der Waals surface area contributed by atoms with Gasteiger partial charge in [0.25, 0.3) is 11.6 Å². The van der Waals surface area contributed by atoms with Gasteiger partial charge < -0.3 is 15.1 Å². The summed E-state index contributed by atoms with van der Waals surface area (Å²) in [5.74, 6) is 0.0474. The van der Waals surface area contributed by atoms with Crippen LogP contribution in [0, 0.1) is 10.1 Å². The molecule has 170 valence electrons. The minimum Gasteiger partial charge on any atom is -0.375 e. The monoisotopic (exact) mass is 444 g/mol. The van der Waals surface area contributed by atoms with E-state index in [1.54, 1.807) is 12.1 Å². The SMILES string of the molecule is CCc1ccc(C(=O)N2CCN(c3ccc([N+](=O)[O-])c(NCc4ccccc4)c3)CC2)cc1. The Balaban J connectivity index is 1.42. The Morgan fingerprint density at radius 2 is 1.64 bits per heavy atom. The summed E-state index contributed by atoms with van der Waals surface area (Å²) in [5.41, 5.74) is 4.44. The minimum atomic E-state index is -0.364. The van der Waals surface area contributed by atoms with Crippen LogP contribution in [0.3, 0.4) is 0 Å². The lowest BCUT2D eigenvalue weighted by atomic mass is 10.1. The topological polar surface area (TPSA) is 78.7 Å². The molecule has 3 aromatic carbocycles. The van der Waals surface area contributed by atoms with Crippen LogP contribution in [0.4, 0.5) is 17.1 Å². The molecule has 0 saturated carbocycles. The smallest absolute Gasteiger partial charge is 0.292 e. The summed E-state index contributed by atoms with van der Waals surface area (Å²) >= 11 is 0. The molecule has 0 aliphatic carbocycles. The van der Waals surface area contributed by atoms with Crippen LogP contribution in [0.5, 0.6) is 0 Å². The number of hydrogen-bond acceptors (Lipinski definition) is 5. The van der Waals surface area contributed by atoms with Crippen molar-refractivity contribution in [1.82, 2.24) is 4.90 Å². The molecule has 33 heavy (non-hydrogen) atoms. The molecule has 1 saturated heterocycles. The molecule has 0 spiro atoms. The van der Waals surface area contributed by atoms with Crippen LogP contribution in [-0.2, 0) is 13.0 Å². The number of amides is 1. The fourth-order valence-electron chi connectivity index (χ4n) is 4.05. The lowest BCUT2D eigenvalue weighted by molar-refractivity contribution is -0.384. The predicted octanol–water partition coefficient (Wildman–Crippen LogP) is 4.73. The van der Waals surface area contributed by atoms with Crippen molar-refractivity contribution in [2.24, 2.45) is 0 Å². The molecule has 1 N–H and O–H groups in total. The third-order valence-electron chi connectivity index (χ3n) is 6.04. The van der Waals surface area contributed by atoms with Gasteiger partial charge in [0, 0.05) is 50.0 Å². The van der Waals surface area contributed by atoms with Crippen molar-refractivity contribution in [2.75, 3.05) is 36.4 Å². The Labute approximate surface area is 193 Å². The number of nitrogens with one attached hydrogen (secondary N) is 1. The van der Waals surface area contributed by atoms with Gasteiger partial charge in [0.05, 0.1) is 4.92 Å². The first-order chi connectivity index (χ1) is 16.0. The molecule has 0 bridgehead atoms. The fourth-order valence-corrected chi connectivity index (χ4v) is 4.05. The highest BCUT2D eigenvalue weighted by Gasteiger charge is 2.24. The zero-order chi connectivity index (χ0) is 23.2. The van der Waals surface area contributed by atoms with Crippen LogP contribution in [0.1, 0.15) is 28.4 Å². The van der Waals surface area contributed by atoms with Crippen LogP contribution < -0.4 is 10.2 Å². The van der Waals surface area contributed by atoms with Crippen LogP contribution in [-0.4, -0.2) is 41.9 Å². The highest BCUT2D eigenvalue weighted by molar-refractivity contribution is 5.94. The number of rotatable bonds is 7. The van der Waals surface area contributed by atoms with Crippen molar-refractivity contribution in [1.29, 1.82) is 0 Å². The number of nitro benzene ring substituents is 1. The average molecular weight is 445 g/mol. The molecule has 0 unspecified atom stereocenters. The van der Waals surface area contributed by atoms with E-state index in [0.29, 0.717) is 44.0 Å². The first-order valence-corrected chi connectivity index (χ1v) is 11.2. The molecule has 0 aromatic heterocycles. The second kappa shape index (κ2) is 10.2. The maximum absolute atomic E-state index is 12.9. The van der Waals surface area contributed by atoms with Crippen LogP contribution in [0.2, 0.25) is 0 Å². The van der Waals surface area contributed by atoms with Gasteiger partial charge in [0.1, 0.15) is 5.69 Å². The molecule has 7 heteroatoms. The lowest BCUT2D eigenvalue weighted by Gasteiger charge is -2.36.